The first-order valence-electron chi connectivity index (χ1n) is 4.86. The predicted octanol–water partition coefficient (Wildman–Crippen LogP) is 0.816. The highest BCUT2D eigenvalue weighted by Gasteiger charge is 2.27. The van der Waals surface area contributed by atoms with Gasteiger partial charge in [0, 0.05) is 27.3 Å². The summed E-state index contributed by atoms with van der Waals surface area (Å²) in [4.78, 5) is 0. The molecule has 0 aliphatic carbocycles. The summed E-state index contributed by atoms with van der Waals surface area (Å²) in [5.74, 6) is 0. The van der Waals surface area contributed by atoms with E-state index in [-0.39, 0.29) is 12.7 Å². The van der Waals surface area contributed by atoms with Crippen molar-refractivity contribution in [2.24, 2.45) is 0 Å². The average Bonchev–Trinajstić information content (AvgIpc) is 2.20. The molecule has 0 aliphatic rings. The van der Waals surface area contributed by atoms with Gasteiger partial charge >= 0.3 is 6.18 Å². The van der Waals surface area contributed by atoms with Crippen molar-refractivity contribution >= 4 is 0 Å². The molecule has 0 saturated carbocycles. The van der Waals surface area contributed by atoms with E-state index >= 15 is 0 Å². The van der Waals surface area contributed by atoms with Gasteiger partial charge in [-0.15, -0.1) is 0 Å². The summed E-state index contributed by atoms with van der Waals surface area (Å²) in [5.41, 5.74) is 0. The fourth-order valence-electron chi connectivity index (χ4n) is 0.991. The molecular formula is C9H18F3NO3. The number of ether oxygens (including phenoxy) is 3. The first-order valence-corrected chi connectivity index (χ1v) is 4.86. The number of nitrogens with one attached hydrogen (secondary N) is 1. The Morgan fingerprint density at radius 2 is 1.94 bits per heavy atom. The van der Waals surface area contributed by atoms with Crippen molar-refractivity contribution in [3.8, 4) is 0 Å². The van der Waals surface area contributed by atoms with Gasteiger partial charge in [-0.1, -0.05) is 0 Å². The van der Waals surface area contributed by atoms with Gasteiger partial charge in [-0.05, 0) is 0 Å². The van der Waals surface area contributed by atoms with Crippen molar-refractivity contribution in [1.29, 1.82) is 0 Å². The van der Waals surface area contributed by atoms with Gasteiger partial charge in [-0.25, -0.2) is 0 Å². The smallest absolute Gasteiger partial charge is 0.382 e. The van der Waals surface area contributed by atoms with Crippen LogP contribution < -0.4 is 5.32 Å². The maximum atomic E-state index is 11.7. The van der Waals surface area contributed by atoms with Crippen LogP contribution in [0.3, 0.4) is 0 Å². The van der Waals surface area contributed by atoms with Crippen molar-refractivity contribution in [3.05, 3.63) is 0 Å². The van der Waals surface area contributed by atoms with Gasteiger partial charge in [-0.3, -0.25) is 0 Å². The highest BCUT2D eigenvalue weighted by molar-refractivity contribution is 4.59. The van der Waals surface area contributed by atoms with Gasteiger partial charge in [-0.2, -0.15) is 13.2 Å². The Morgan fingerprint density at radius 1 is 1.25 bits per heavy atom. The second kappa shape index (κ2) is 8.74. The van der Waals surface area contributed by atoms with Gasteiger partial charge < -0.3 is 19.5 Å². The molecule has 16 heavy (non-hydrogen) atoms. The van der Waals surface area contributed by atoms with Gasteiger partial charge in [0.2, 0.25) is 0 Å². The van der Waals surface area contributed by atoms with E-state index in [0.717, 1.165) is 0 Å². The van der Waals surface area contributed by atoms with Gasteiger partial charge in [0.05, 0.1) is 19.3 Å². The van der Waals surface area contributed by atoms with Crippen molar-refractivity contribution in [1.82, 2.24) is 5.32 Å². The van der Waals surface area contributed by atoms with Crippen LogP contribution >= 0.6 is 0 Å². The van der Waals surface area contributed by atoms with Crippen LogP contribution in [0.4, 0.5) is 13.2 Å². The normalized spacial score (nSPS) is 14.1. The number of methoxy groups -OCH3 is 2. The van der Waals surface area contributed by atoms with Crippen LogP contribution in [0, 0.1) is 0 Å². The second-order valence-electron chi connectivity index (χ2n) is 3.18. The van der Waals surface area contributed by atoms with E-state index in [1.807, 2.05) is 0 Å². The maximum Gasteiger partial charge on any atom is 0.411 e. The molecule has 1 atom stereocenters. The highest BCUT2D eigenvalue weighted by Crippen LogP contribution is 2.13. The largest absolute Gasteiger partial charge is 0.411 e. The predicted molar refractivity (Wildman–Crippen MR) is 52.4 cm³/mol. The monoisotopic (exact) mass is 245 g/mol. The maximum absolute atomic E-state index is 11.7. The van der Waals surface area contributed by atoms with E-state index in [1.165, 1.54) is 0 Å². The first kappa shape index (κ1) is 15.6. The molecule has 0 bridgehead atoms. The zero-order chi connectivity index (χ0) is 12.4. The molecular weight excluding hydrogens is 227 g/mol. The average molecular weight is 245 g/mol. The molecule has 0 aromatic carbocycles. The Bertz CT molecular complexity index is 167. The lowest BCUT2D eigenvalue weighted by atomic mass is 10.3. The summed E-state index contributed by atoms with van der Waals surface area (Å²) < 4.78 is 49.3. The third-order valence-electron chi connectivity index (χ3n) is 1.75. The molecule has 0 aromatic rings. The van der Waals surface area contributed by atoms with Gasteiger partial charge in [0.15, 0.2) is 0 Å². The fraction of sp³-hybridized carbons (Fsp3) is 1.00. The Kier molecular flexibility index (Phi) is 8.54. The van der Waals surface area contributed by atoms with Crippen molar-refractivity contribution in [2.75, 3.05) is 47.1 Å². The van der Waals surface area contributed by atoms with Crippen molar-refractivity contribution in [3.63, 3.8) is 0 Å². The quantitative estimate of drug-likeness (QED) is 0.610. The van der Waals surface area contributed by atoms with Crippen LogP contribution in [0.1, 0.15) is 0 Å². The van der Waals surface area contributed by atoms with E-state index in [1.54, 1.807) is 14.2 Å². The SMILES string of the molecule is COCC(CNCCOCC(F)(F)F)OC. The number of hydrogen-bond donors (Lipinski definition) is 1. The van der Waals surface area contributed by atoms with Crippen LogP contribution in [0.5, 0.6) is 0 Å². The van der Waals surface area contributed by atoms with Gasteiger partial charge in [0.25, 0.3) is 0 Å². The number of halogens is 3. The first-order chi connectivity index (χ1) is 7.49. The molecule has 0 radical (unpaired) electrons. The van der Waals surface area contributed by atoms with Crippen LogP contribution in [0.25, 0.3) is 0 Å². The van der Waals surface area contributed by atoms with Crippen LogP contribution in [-0.4, -0.2) is 59.4 Å². The number of alkyl halides is 3. The minimum Gasteiger partial charge on any atom is -0.382 e. The molecule has 1 unspecified atom stereocenters. The summed E-state index contributed by atoms with van der Waals surface area (Å²) in [6, 6.07) is 0. The van der Waals surface area contributed by atoms with E-state index in [9.17, 15) is 13.2 Å². The topological polar surface area (TPSA) is 39.7 Å². The minimum absolute atomic E-state index is 0.0168. The summed E-state index contributed by atoms with van der Waals surface area (Å²) in [6.45, 7) is 0.107. The standard InChI is InChI=1S/C9H18F3NO3/c1-14-6-8(15-2)5-13-3-4-16-7-9(10,11)12/h8,13H,3-7H2,1-2H3. The summed E-state index contributed by atoms with van der Waals surface area (Å²) in [6.07, 6.45) is -4.36. The molecule has 7 heteroatoms. The van der Waals surface area contributed by atoms with Crippen molar-refractivity contribution in [2.45, 2.75) is 12.3 Å². The molecule has 0 saturated heterocycles. The third kappa shape index (κ3) is 10.2. The molecule has 0 amide bonds. The fourth-order valence-corrected chi connectivity index (χ4v) is 0.991. The van der Waals surface area contributed by atoms with E-state index in [0.29, 0.717) is 19.7 Å². The van der Waals surface area contributed by atoms with E-state index in [2.05, 4.69) is 10.1 Å². The lowest BCUT2D eigenvalue weighted by molar-refractivity contribution is -0.173. The van der Waals surface area contributed by atoms with Crippen LogP contribution in [0.15, 0.2) is 0 Å². The molecule has 0 fully saturated rings. The number of rotatable bonds is 9. The molecule has 98 valence electrons. The lowest BCUT2D eigenvalue weighted by Gasteiger charge is -2.15. The van der Waals surface area contributed by atoms with Crippen molar-refractivity contribution < 1.29 is 27.4 Å². The molecule has 0 rings (SSSR count). The number of hydrogen-bond acceptors (Lipinski definition) is 4. The Balaban J connectivity index is 3.32. The Labute approximate surface area is 93.0 Å². The lowest BCUT2D eigenvalue weighted by Crippen LogP contribution is -2.34. The molecule has 0 spiro atoms. The molecule has 1 N–H and O–H groups in total. The zero-order valence-corrected chi connectivity index (χ0v) is 9.47. The summed E-state index contributed by atoms with van der Waals surface area (Å²) in [7, 11) is 3.10. The zero-order valence-electron chi connectivity index (χ0n) is 9.47. The van der Waals surface area contributed by atoms with Crippen LogP contribution in [0.2, 0.25) is 0 Å². The van der Waals surface area contributed by atoms with E-state index in [4.69, 9.17) is 9.47 Å². The highest BCUT2D eigenvalue weighted by atomic mass is 19.4. The molecule has 4 nitrogen and oxygen atoms in total. The molecule has 0 heterocycles. The van der Waals surface area contributed by atoms with Crippen LogP contribution in [-0.2, 0) is 14.2 Å². The minimum atomic E-state index is -4.26. The van der Waals surface area contributed by atoms with Gasteiger partial charge in [0.1, 0.15) is 6.61 Å². The molecule has 0 aliphatic heterocycles. The third-order valence-corrected chi connectivity index (χ3v) is 1.75. The summed E-state index contributed by atoms with van der Waals surface area (Å²) >= 11 is 0. The Morgan fingerprint density at radius 3 is 2.44 bits per heavy atom. The van der Waals surface area contributed by atoms with E-state index < -0.39 is 12.8 Å². The Hall–Kier alpha value is -0.370. The molecule has 0 aromatic heterocycles. The summed E-state index contributed by atoms with van der Waals surface area (Å²) in [5, 5.41) is 2.91. The second-order valence-corrected chi connectivity index (χ2v) is 3.18.